The first-order valence-electron chi connectivity index (χ1n) is 14.2. The number of benzene rings is 6. The van der Waals surface area contributed by atoms with Crippen molar-refractivity contribution in [2.24, 2.45) is 0 Å². The Bertz CT molecular complexity index is 2110. The lowest BCUT2D eigenvalue weighted by Gasteiger charge is -2.18. The first kappa shape index (κ1) is 25.6. The average Bonchev–Trinajstić information content (AvgIpc) is 3.43. The molecule has 200 valence electrons. The molecule has 0 bridgehead atoms. The molecule has 0 N–H and O–H groups in total. The van der Waals surface area contributed by atoms with Crippen LogP contribution in [0.2, 0.25) is 0 Å². The number of hydrogen-bond donors (Lipinski definition) is 0. The summed E-state index contributed by atoms with van der Waals surface area (Å²) in [7, 11) is 0. The van der Waals surface area contributed by atoms with E-state index in [2.05, 4.69) is 141 Å². The van der Waals surface area contributed by atoms with E-state index in [1.54, 1.807) is 0 Å². The molecule has 0 unspecified atom stereocenters. The molecule has 0 saturated carbocycles. The molecule has 0 atom stereocenters. The molecule has 0 aliphatic heterocycles. The molecule has 1 aromatic heterocycles. The van der Waals surface area contributed by atoms with Crippen molar-refractivity contribution in [1.82, 2.24) is 0 Å². The highest BCUT2D eigenvalue weighted by Crippen LogP contribution is 2.43. The number of aryl methyl sites for hydroxylation is 1. The Balaban J connectivity index is 1.40. The molecule has 0 saturated heterocycles. The lowest BCUT2D eigenvalue weighted by molar-refractivity contribution is 0.669. The molecule has 0 aliphatic carbocycles. The Hall–Kier alpha value is -5.40. The molecule has 0 radical (unpaired) electrons. The summed E-state index contributed by atoms with van der Waals surface area (Å²) in [5, 5.41) is 2.24. The number of fused-ring (bicyclic) bond motifs is 3. The Morgan fingerprint density at radius 3 is 2.10 bits per heavy atom. The zero-order valence-electron chi connectivity index (χ0n) is 23.6. The van der Waals surface area contributed by atoms with Crippen LogP contribution < -0.4 is 0 Å². The maximum absolute atomic E-state index is 6.46. The molecule has 1 heterocycles. The number of hydrogen-bond acceptors (Lipinski definition) is 1. The van der Waals surface area contributed by atoms with E-state index < -0.39 is 0 Å². The lowest BCUT2D eigenvalue weighted by Crippen LogP contribution is -1.94. The minimum atomic E-state index is 0.883. The first-order chi connectivity index (χ1) is 20.6. The van der Waals surface area contributed by atoms with Crippen molar-refractivity contribution in [3.8, 4) is 33.4 Å². The van der Waals surface area contributed by atoms with Crippen molar-refractivity contribution in [2.45, 2.75) is 6.92 Å². The van der Waals surface area contributed by atoms with Crippen LogP contribution in [0, 0.1) is 6.92 Å². The lowest BCUT2D eigenvalue weighted by atomic mass is 9.85. The maximum atomic E-state index is 6.46. The topological polar surface area (TPSA) is 13.1 Å². The third-order valence-electron chi connectivity index (χ3n) is 8.18. The Morgan fingerprint density at radius 2 is 1.33 bits per heavy atom. The van der Waals surface area contributed by atoms with Gasteiger partial charge in [-0.15, -0.1) is 0 Å². The molecule has 6 aromatic carbocycles. The van der Waals surface area contributed by atoms with Crippen LogP contribution in [0.25, 0.3) is 67.0 Å². The minimum Gasteiger partial charge on any atom is -0.456 e. The molecule has 0 spiro atoms. The van der Waals surface area contributed by atoms with Crippen molar-refractivity contribution >= 4 is 33.6 Å². The molecule has 42 heavy (non-hydrogen) atoms. The maximum Gasteiger partial charge on any atom is 0.136 e. The monoisotopic (exact) mass is 538 g/mol. The Morgan fingerprint density at radius 1 is 0.595 bits per heavy atom. The second kappa shape index (κ2) is 10.5. The van der Waals surface area contributed by atoms with Gasteiger partial charge in [-0.05, 0) is 86.3 Å². The molecule has 0 aliphatic rings. The van der Waals surface area contributed by atoms with E-state index >= 15 is 0 Å². The van der Waals surface area contributed by atoms with Crippen LogP contribution in [0.15, 0.2) is 151 Å². The summed E-state index contributed by atoms with van der Waals surface area (Å²) in [5.41, 5.74) is 14.3. The number of rotatable bonds is 6. The van der Waals surface area contributed by atoms with Gasteiger partial charge in [0, 0.05) is 10.8 Å². The average molecular weight is 539 g/mol. The first-order valence-corrected chi connectivity index (χ1v) is 14.2. The number of furan rings is 1. The van der Waals surface area contributed by atoms with E-state index in [1.807, 2.05) is 18.2 Å². The quantitative estimate of drug-likeness (QED) is 0.205. The van der Waals surface area contributed by atoms with Gasteiger partial charge in [0.15, 0.2) is 0 Å². The third-order valence-corrected chi connectivity index (χ3v) is 8.18. The molecule has 7 rings (SSSR count). The van der Waals surface area contributed by atoms with Crippen molar-refractivity contribution in [3.63, 3.8) is 0 Å². The van der Waals surface area contributed by atoms with Crippen LogP contribution in [-0.4, -0.2) is 0 Å². The van der Waals surface area contributed by atoms with Crippen LogP contribution in [0.5, 0.6) is 0 Å². The molecular weight excluding hydrogens is 508 g/mol. The van der Waals surface area contributed by atoms with Gasteiger partial charge < -0.3 is 4.42 Å². The summed E-state index contributed by atoms with van der Waals surface area (Å²) in [5.74, 6) is 0. The van der Waals surface area contributed by atoms with Crippen LogP contribution in [0.1, 0.15) is 22.3 Å². The standard InChI is InChI=1S/C41H30O/c1-4-29-17-11-18-35(40(29)34-23-21-32(25-27(34)2)28(3)30-13-7-5-8-14-30)36-19-12-20-38-41(36)37-24-22-33(26-39(37)42-38)31-15-9-6-10-16-31/h4-26H,1,3H2,2H3. The van der Waals surface area contributed by atoms with E-state index in [1.165, 1.54) is 22.3 Å². The van der Waals surface area contributed by atoms with Crippen LogP contribution >= 0.6 is 0 Å². The fourth-order valence-electron chi connectivity index (χ4n) is 6.06. The highest BCUT2D eigenvalue weighted by molar-refractivity contribution is 6.14. The summed E-state index contributed by atoms with van der Waals surface area (Å²) < 4.78 is 6.46. The minimum absolute atomic E-state index is 0.883. The highest BCUT2D eigenvalue weighted by Gasteiger charge is 2.19. The second-order valence-corrected chi connectivity index (χ2v) is 10.7. The predicted molar refractivity (Wildman–Crippen MR) is 179 cm³/mol. The fraction of sp³-hybridized carbons (Fsp3) is 0.0244. The smallest absolute Gasteiger partial charge is 0.136 e. The largest absolute Gasteiger partial charge is 0.456 e. The fourth-order valence-corrected chi connectivity index (χ4v) is 6.06. The summed E-state index contributed by atoms with van der Waals surface area (Å²) >= 11 is 0. The van der Waals surface area contributed by atoms with E-state index in [-0.39, 0.29) is 0 Å². The zero-order chi connectivity index (χ0) is 28.6. The van der Waals surface area contributed by atoms with E-state index in [0.29, 0.717) is 0 Å². The van der Waals surface area contributed by atoms with Gasteiger partial charge >= 0.3 is 0 Å². The normalized spacial score (nSPS) is 11.2. The van der Waals surface area contributed by atoms with E-state index in [0.717, 1.165) is 60.9 Å². The van der Waals surface area contributed by atoms with E-state index in [4.69, 9.17) is 4.42 Å². The second-order valence-electron chi connectivity index (χ2n) is 10.7. The van der Waals surface area contributed by atoms with Gasteiger partial charge in [-0.1, -0.05) is 134 Å². The van der Waals surface area contributed by atoms with Crippen LogP contribution in [-0.2, 0) is 0 Å². The van der Waals surface area contributed by atoms with E-state index in [9.17, 15) is 0 Å². The SMILES string of the molecule is C=Cc1cccc(-c2cccc3oc4cc(-c5ccccc5)ccc4c23)c1-c1ccc(C(=C)c2ccccc2)cc1C. The summed E-state index contributed by atoms with van der Waals surface area (Å²) in [6, 6.07) is 46.8. The molecule has 0 fully saturated rings. The highest BCUT2D eigenvalue weighted by atomic mass is 16.3. The molecular formula is C41H30O. The van der Waals surface area contributed by atoms with Crippen LogP contribution in [0.3, 0.4) is 0 Å². The van der Waals surface area contributed by atoms with Crippen molar-refractivity contribution in [3.05, 3.63) is 169 Å². The molecule has 0 amide bonds. The van der Waals surface area contributed by atoms with Gasteiger partial charge in [0.2, 0.25) is 0 Å². The summed E-state index contributed by atoms with van der Waals surface area (Å²) in [6.07, 6.45) is 1.95. The predicted octanol–water partition coefficient (Wildman–Crippen LogP) is 11.6. The van der Waals surface area contributed by atoms with Gasteiger partial charge in [0.25, 0.3) is 0 Å². The van der Waals surface area contributed by atoms with Gasteiger partial charge in [0.05, 0.1) is 0 Å². The Kier molecular flexibility index (Phi) is 6.41. The molecule has 1 heteroatoms. The summed E-state index contributed by atoms with van der Waals surface area (Å²) in [4.78, 5) is 0. The van der Waals surface area contributed by atoms with Gasteiger partial charge in [-0.2, -0.15) is 0 Å². The van der Waals surface area contributed by atoms with Gasteiger partial charge in [0.1, 0.15) is 11.2 Å². The third kappa shape index (κ3) is 4.36. The van der Waals surface area contributed by atoms with Crippen molar-refractivity contribution in [2.75, 3.05) is 0 Å². The molecule has 7 aromatic rings. The van der Waals surface area contributed by atoms with Crippen LogP contribution in [0.4, 0.5) is 0 Å². The van der Waals surface area contributed by atoms with Crippen molar-refractivity contribution < 1.29 is 4.42 Å². The molecule has 1 nitrogen and oxygen atoms in total. The van der Waals surface area contributed by atoms with Crippen molar-refractivity contribution in [1.29, 1.82) is 0 Å². The van der Waals surface area contributed by atoms with Gasteiger partial charge in [-0.3, -0.25) is 0 Å². The van der Waals surface area contributed by atoms with Gasteiger partial charge in [-0.25, -0.2) is 0 Å². The Labute approximate surface area is 246 Å². The zero-order valence-corrected chi connectivity index (χ0v) is 23.6. The summed E-state index contributed by atoms with van der Waals surface area (Å²) in [6.45, 7) is 10.7.